The largest absolute Gasteiger partial charge is 0.476 e. The predicted octanol–water partition coefficient (Wildman–Crippen LogP) is 3.84. The maximum absolute atomic E-state index is 5.70. The summed E-state index contributed by atoms with van der Waals surface area (Å²) in [6, 6.07) is 8.51. The third kappa shape index (κ3) is 2.61. The van der Waals surface area contributed by atoms with Crippen LogP contribution in [0, 0.1) is 0 Å². The Kier molecular flexibility index (Phi) is 3.49. The molecule has 0 N–H and O–H groups in total. The van der Waals surface area contributed by atoms with E-state index in [2.05, 4.69) is 24.7 Å². The van der Waals surface area contributed by atoms with Crippen molar-refractivity contribution in [1.82, 2.24) is 24.7 Å². The minimum Gasteiger partial charge on any atom is -0.476 e. The molecule has 1 saturated carbocycles. The van der Waals surface area contributed by atoms with Gasteiger partial charge in [0.1, 0.15) is 12.0 Å². The topological polar surface area (TPSA) is 95.2 Å². The van der Waals surface area contributed by atoms with Gasteiger partial charge in [-0.3, -0.25) is 9.47 Å². The molecular formula is C20H18N6O3. The van der Waals surface area contributed by atoms with E-state index in [0.717, 1.165) is 29.9 Å². The van der Waals surface area contributed by atoms with Gasteiger partial charge in [-0.2, -0.15) is 9.97 Å². The van der Waals surface area contributed by atoms with Crippen LogP contribution in [0.25, 0.3) is 17.2 Å². The van der Waals surface area contributed by atoms with Crippen molar-refractivity contribution < 1.29 is 13.7 Å². The standard InChI is InChI=1S/C20H18N6O3/c1-2-27-16-10-28-20(22-16)25-9-15-17(18-23-19(29-24-18)12-7-8-12)21-11-26(15)14-6-4-3-5-13(14)25/h3-6,10-12H,2,7-9H2,1H3. The lowest BCUT2D eigenvalue weighted by Crippen LogP contribution is -2.25. The van der Waals surface area contributed by atoms with Crippen molar-refractivity contribution in [1.29, 1.82) is 0 Å². The van der Waals surface area contributed by atoms with Gasteiger partial charge in [0.05, 0.1) is 30.2 Å². The van der Waals surface area contributed by atoms with Gasteiger partial charge in [0, 0.05) is 5.92 Å². The summed E-state index contributed by atoms with van der Waals surface area (Å²) in [5.41, 5.74) is 3.61. The molecule has 1 aliphatic carbocycles. The average molecular weight is 390 g/mol. The van der Waals surface area contributed by atoms with Gasteiger partial charge < -0.3 is 13.7 Å². The minimum absolute atomic E-state index is 0.399. The van der Waals surface area contributed by atoms with Crippen LogP contribution in [-0.4, -0.2) is 31.3 Å². The van der Waals surface area contributed by atoms with Crippen LogP contribution in [0.4, 0.5) is 11.7 Å². The first-order valence-corrected chi connectivity index (χ1v) is 9.67. The van der Waals surface area contributed by atoms with Crippen LogP contribution in [0.15, 0.2) is 45.8 Å². The number of oxazole rings is 1. The number of imidazole rings is 1. The van der Waals surface area contributed by atoms with E-state index in [4.69, 9.17) is 13.7 Å². The molecule has 4 heterocycles. The zero-order valence-corrected chi connectivity index (χ0v) is 15.8. The van der Waals surface area contributed by atoms with Gasteiger partial charge >= 0.3 is 6.01 Å². The summed E-state index contributed by atoms with van der Waals surface area (Å²) in [7, 11) is 0. The summed E-state index contributed by atoms with van der Waals surface area (Å²) in [6.07, 6.45) is 5.54. The highest BCUT2D eigenvalue weighted by atomic mass is 16.5. The molecule has 4 aromatic rings. The molecule has 9 heteroatoms. The number of para-hydroxylation sites is 2. The first kappa shape index (κ1) is 16.3. The monoisotopic (exact) mass is 390 g/mol. The highest BCUT2D eigenvalue weighted by Crippen LogP contribution is 2.42. The summed E-state index contributed by atoms with van der Waals surface area (Å²) < 4.78 is 18.7. The van der Waals surface area contributed by atoms with Crippen LogP contribution in [0.1, 0.15) is 37.3 Å². The second-order valence-corrected chi connectivity index (χ2v) is 7.12. The van der Waals surface area contributed by atoms with E-state index in [1.807, 2.05) is 36.1 Å². The molecule has 2 aliphatic rings. The van der Waals surface area contributed by atoms with Gasteiger partial charge in [-0.25, -0.2) is 4.98 Å². The molecule has 0 saturated heterocycles. The fourth-order valence-electron chi connectivity index (χ4n) is 3.64. The van der Waals surface area contributed by atoms with Crippen LogP contribution in [0.3, 0.4) is 0 Å². The smallest absolute Gasteiger partial charge is 0.305 e. The second-order valence-electron chi connectivity index (χ2n) is 7.12. The number of aromatic nitrogens is 5. The number of hydrogen-bond acceptors (Lipinski definition) is 8. The Hall–Kier alpha value is -3.62. The molecule has 146 valence electrons. The third-order valence-electron chi connectivity index (χ3n) is 5.18. The van der Waals surface area contributed by atoms with E-state index in [1.165, 1.54) is 6.26 Å². The Labute approximate surface area is 165 Å². The molecule has 0 bridgehead atoms. The Balaban J connectivity index is 1.44. The molecule has 9 nitrogen and oxygen atoms in total. The van der Waals surface area contributed by atoms with E-state index in [-0.39, 0.29) is 0 Å². The van der Waals surface area contributed by atoms with Crippen LogP contribution in [0.2, 0.25) is 0 Å². The molecule has 1 fully saturated rings. The zero-order chi connectivity index (χ0) is 19.4. The molecule has 1 aromatic carbocycles. The van der Waals surface area contributed by atoms with Gasteiger partial charge in [-0.1, -0.05) is 17.3 Å². The highest BCUT2D eigenvalue weighted by molar-refractivity contribution is 5.73. The van der Waals surface area contributed by atoms with E-state index in [0.29, 0.717) is 48.4 Å². The van der Waals surface area contributed by atoms with Gasteiger partial charge in [-0.05, 0) is 31.9 Å². The number of hydrogen-bond donors (Lipinski definition) is 0. The summed E-state index contributed by atoms with van der Waals surface area (Å²) in [6.45, 7) is 2.95. The van der Waals surface area contributed by atoms with Crippen LogP contribution >= 0.6 is 0 Å². The Bertz CT molecular complexity index is 1190. The van der Waals surface area contributed by atoms with Gasteiger partial charge in [0.25, 0.3) is 5.88 Å². The molecule has 29 heavy (non-hydrogen) atoms. The number of nitrogens with zero attached hydrogens (tertiary/aromatic N) is 6. The van der Waals surface area contributed by atoms with E-state index in [9.17, 15) is 0 Å². The Morgan fingerprint density at radius 2 is 2.03 bits per heavy atom. The fourth-order valence-corrected chi connectivity index (χ4v) is 3.64. The number of ether oxygens (including phenoxy) is 1. The molecule has 6 rings (SSSR count). The van der Waals surface area contributed by atoms with Crippen molar-refractivity contribution in [2.24, 2.45) is 0 Å². The van der Waals surface area contributed by atoms with Crippen molar-refractivity contribution in [3.63, 3.8) is 0 Å². The van der Waals surface area contributed by atoms with Crippen molar-refractivity contribution in [2.75, 3.05) is 11.5 Å². The summed E-state index contributed by atoms with van der Waals surface area (Å²) >= 11 is 0. The molecule has 0 radical (unpaired) electrons. The highest BCUT2D eigenvalue weighted by Gasteiger charge is 2.33. The first-order valence-electron chi connectivity index (χ1n) is 9.67. The lowest BCUT2D eigenvalue weighted by molar-refractivity contribution is 0.325. The lowest BCUT2D eigenvalue weighted by atomic mass is 10.1. The molecule has 1 aliphatic heterocycles. The number of rotatable bonds is 5. The Morgan fingerprint density at radius 1 is 1.17 bits per heavy atom. The quantitative estimate of drug-likeness (QED) is 0.507. The Morgan fingerprint density at radius 3 is 2.86 bits per heavy atom. The van der Waals surface area contributed by atoms with Crippen LogP contribution < -0.4 is 9.64 Å². The van der Waals surface area contributed by atoms with Crippen molar-refractivity contribution in [3.8, 4) is 23.1 Å². The third-order valence-corrected chi connectivity index (χ3v) is 5.18. The summed E-state index contributed by atoms with van der Waals surface area (Å²) in [4.78, 5) is 15.6. The molecular weight excluding hydrogens is 372 g/mol. The minimum atomic E-state index is 0.399. The number of benzene rings is 1. The maximum Gasteiger partial charge on any atom is 0.305 e. The van der Waals surface area contributed by atoms with Gasteiger partial charge in [-0.15, -0.1) is 0 Å². The fraction of sp³-hybridized carbons (Fsp3) is 0.300. The molecule has 0 amide bonds. The van der Waals surface area contributed by atoms with E-state index < -0.39 is 0 Å². The first-order chi connectivity index (χ1) is 14.3. The summed E-state index contributed by atoms with van der Waals surface area (Å²) in [5, 5.41) is 4.17. The van der Waals surface area contributed by atoms with E-state index in [1.54, 1.807) is 6.33 Å². The van der Waals surface area contributed by atoms with Crippen LogP contribution in [-0.2, 0) is 6.54 Å². The second kappa shape index (κ2) is 6.20. The van der Waals surface area contributed by atoms with Crippen molar-refractivity contribution >= 4 is 11.7 Å². The average Bonchev–Trinajstić information content (AvgIpc) is 3.15. The number of anilines is 2. The van der Waals surface area contributed by atoms with E-state index >= 15 is 0 Å². The molecule has 0 unspecified atom stereocenters. The predicted molar refractivity (Wildman–Crippen MR) is 102 cm³/mol. The normalized spacial score (nSPS) is 15.3. The summed E-state index contributed by atoms with van der Waals surface area (Å²) in [5.74, 6) is 2.08. The maximum atomic E-state index is 5.70. The van der Waals surface area contributed by atoms with Gasteiger partial charge in [0.2, 0.25) is 11.7 Å². The molecule has 0 spiro atoms. The molecule has 3 aromatic heterocycles. The van der Waals surface area contributed by atoms with Gasteiger partial charge in [0.15, 0.2) is 6.26 Å². The zero-order valence-electron chi connectivity index (χ0n) is 15.8. The molecule has 0 atom stereocenters. The van der Waals surface area contributed by atoms with Crippen molar-refractivity contribution in [3.05, 3.63) is 48.4 Å². The van der Waals surface area contributed by atoms with Crippen LogP contribution in [0.5, 0.6) is 5.88 Å². The van der Waals surface area contributed by atoms with Crippen molar-refractivity contribution in [2.45, 2.75) is 32.2 Å². The number of fused-ring (bicyclic) bond motifs is 3. The SMILES string of the molecule is CCOc1coc(N2Cc3c(-c4noc(C5CC5)n4)ncn3-c3ccccc32)n1. The lowest BCUT2D eigenvalue weighted by Gasteiger charge is -2.29.